The second-order valence-corrected chi connectivity index (χ2v) is 8.87. The van der Waals surface area contributed by atoms with Crippen LogP contribution in [0.1, 0.15) is 11.1 Å². The summed E-state index contributed by atoms with van der Waals surface area (Å²) in [7, 11) is -3.95. The van der Waals surface area contributed by atoms with Gasteiger partial charge in [-0.2, -0.15) is 0 Å². The van der Waals surface area contributed by atoms with Crippen molar-refractivity contribution in [2.75, 3.05) is 10.8 Å². The van der Waals surface area contributed by atoms with Gasteiger partial charge in [-0.1, -0.05) is 54.1 Å². The van der Waals surface area contributed by atoms with E-state index in [4.69, 9.17) is 11.6 Å². The van der Waals surface area contributed by atoms with Crippen molar-refractivity contribution in [3.8, 4) is 0 Å². The molecule has 0 spiro atoms. The molecule has 0 aromatic heterocycles. The van der Waals surface area contributed by atoms with Crippen LogP contribution in [0.4, 0.5) is 5.69 Å². The zero-order chi connectivity index (χ0) is 20.9. The van der Waals surface area contributed by atoms with E-state index in [1.807, 2.05) is 43.3 Å². The molecular formula is C22H21ClN2O3S. The van der Waals surface area contributed by atoms with Gasteiger partial charge in [0.1, 0.15) is 6.54 Å². The molecule has 0 aliphatic rings. The van der Waals surface area contributed by atoms with E-state index in [0.717, 1.165) is 15.4 Å². The summed E-state index contributed by atoms with van der Waals surface area (Å²) in [4.78, 5) is 12.6. The van der Waals surface area contributed by atoms with Gasteiger partial charge in [0.2, 0.25) is 5.91 Å². The molecule has 0 unspecified atom stereocenters. The molecule has 0 heterocycles. The smallest absolute Gasteiger partial charge is 0.264 e. The maximum absolute atomic E-state index is 13.3. The highest BCUT2D eigenvalue weighted by molar-refractivity contribution is 7.92. The summed E-state index contributed by atoms with van der Waals surface area (Å²) in [5.74, 6) is -0.395. The quantitative estimate of drug-likeness (QED) is 0.614. The Bertz CT molecular complexity index is 1080. The van der Waals surface area contributed by atoms with Crippen molar-refractivity contribution in [3.05, 3.63) is 95.0 Å². The summed E-state index contributed by atoms with van der Waals surface area (Å²) >= 11 is 5.89. The van der Waals surface area contributed by atoms with Crippen LogP contribution in [0.25, 0.3) is 0 Å². The largest absolute Gasteiger partial charge is 0.350 e. The first-order valence-corrected chi connectivity index (χ1v) is 10.8. The zero-order valence-corrected chi connectivity index (χ0v) is 17.5. The van der Waals surface area contributed by atoms with Gasteiger partial charge >= 0.3 is 0 Å². The highest BCUT2D eigenvalue weighted by atomic mass is 35.5. The van der Waals surface area contributed by atoms with Gasteiger partial charge in [0.15, 0.2) is 0 Å². The second-order valence-electron chi connectivity index (χ2n) is 6.57. The van der Waals surface area contributed by atoms with Crippen molar-refractivity contribution in [1.29, 1.82) is 0 Å². The van der Waals surface area contributed by atoms with Crippen LogP contribution in [-0.4, -0.2) is 20.9 Å². The number of sulfonamides is 1. The molecule has 150 valence electrons. The number of hydrogen-bond donors (Lipinski definition) is 1. The highest BCUT2D eigenvalue weighted by Crippen LogP contribution is 2.25. The fourth-order valence-corrected chi connectivity index (χ4v) is 4.35. The van der Waals surface area contributed by atoms with Crippen molar-refractivity contribution >= 4 is 33.2 Å². The average molecular weight is 429 g/mol. The lowest BCUT2D eigenvalue weighted by Crippen LogP contribution is -2.40. The van der Waals surface area contributed by atoms with Gasteiger partial charge in [-0.25, -0.2) is 8.42 Å². The molecule has 3 aromatic carbocycles. The van der Waals surface area contributed by atoms with Crippen LogP contribution >= 0.6 is 11.6 Å². The van der Waals surface area contributed by atoms with E-state index in [-0.39, 0.29) is 11.4 Å². The molecule has 0 saturated heterocycles. The molecule has 5 nitrogen and oxygen atoms in total. The van der Waals surface area contributed by atoms with E-state index in [2.05, 4.69) is 5.32 Å². The van der Waals surface area contributed by atoms with Crippen molar-refractivity contribution in [2.45, 2.75) is 18.4 Å². The number of rotatable bonds is 7. The Kier molecular flexibility index (Phi) is 6.56. The number of benzene rings is 3. The monoisotopic (exact) mass is 428 g/mol. The van der Waals surface area contributed by atoms with Crippen LogP contribution in [0, 0.1) is 6.92 Å². The minimum atomic E-state index is -3.95. The number of anilines is 1. The Morgan fingerprint density at radius 3 is 2.31 bits per heavy atom. The fraction of sp³-hybridized carbons (Fsp3) is 0.136. The van der Waals surface area contributed by atoms with Gasteiger partial charge in [-0.15, -0.1) is 0 Å². The van der Waals surface area contributed by atoms with Crippen LogP contribution in [0.2, 0.25) is 5.02 Å². The Morgan fingerprint density at radius 2 is 1.66 bits per heavy atom. The first-order valence-electron chi connectivity index (χ1n) is 9.02. The van der Waals surface area contributed by atoms with E-state index in [9.17, 15) is 13.2 Å². The summed E-state index contributed by atoms with van der Waals surface area (Å²) in [6, 6.07) is 22.4. The number of nitrogens with one attached hydrogen (secondary N) is 1. The van der Waals surface area contributed by atoms with Gasteiger partial charge in [-0.3, -0.25) is 9.10 Å². The van der Waals surface area contributed by atoms with Crippen LogP contribution in [0.5, 0.6) is 0 Å². The number of aryl methyl sites for hydroxylation is 1. The van der Waals surface area contributed by atoms with Crippen molar-refractivity contribution in [2.24, 2.45) is 0 Å². The van der Waals surface area contributed by atoms with Gasteiger partial charge in [-0.05, 0) is 54.4 Å². The maximum atomic E-state index is 13.3. The average Bonchev–Trinajstić information content (AvgIpc) is 2.71. The molecular weight excluding hydrogens is 408 g/mol. The molecule has 0 fully saturated rings. The zero-order valence-electron chi connectivity index (χ0n) is 15.9. The second kappa shape index (κ2) is 9.11. The van der Waals surface area contributed by atoms with Crippen LogP contribution < -0.4 is 9.62 Å². The van der Waals surface area contributed by atoms with E-state index < -0.39 is 15.9 Å². The predicted octanol–water partition coefficient (Wildman–Crippen LogP) is 4.16. The minimum Gasteiger partial charge on any atom is -0.350 e. The molecule has 0 saturated carbocycles. The van der Waals surface area contributed by atoms with Gasteiger partial charge < -0.3 is 5.32 Å². The highest BCUT2D eigenvalue weighted by Gasteiger charge is 2.27. The standard InChI is InChI=1S/C22H21ClN2O3S/c1-17-6-5-9-20(14-17)25(29(27,28)21-12-10-19(23)11-13-21)16-22(26)24-15-18-7-3-2-4-8-18/h2-14H,15-16H2,1H3,(H,24,26). The van der Waals surface area contributed by atoms with E-state index in [1.54, 1.807) is 18.2 Å². The number of carbonyl (C=O) groups is 1. The number of halogens is 1. The molecule has 0 bridgehead atoms. The maximum Gasteiger partial charge on any atom is 0.264 e. The van der Waals surface area contributed by atoms with Crippen molar-refractivity contribution in [1.82, 2.24) is 5.32 Å². The molecule has 1 amide bonds. The van der Waals surface area contributed by atoms with Gasteiger partial charge in [0.25, 0.3) is 10.0 Å². The third kappa shape index (κ3) is 5.37. The summed E-state index contributed by atoms with van der Waals surface area (Å²) in [6.07, 6.45) is 0. The molecule has 3 aromatic rings. The van der Waals surface area contributed by atoms with Crippen LogP contribution in [-0.2, 0) is 21.4 Å². The first-order chi connectivity index (χ1) is 13.9. The van der Waals surface area contributed by atoms with E-state index in [0.29, 0.717) is 17.3 Å². The first kappa shape index (κ1) is 20.9. The Labute approximate surface area is 176 Å². The molecule has 29 heavy (non-hydrogen) atoms. The predicted molar refractivity (Wildman–Crippen MR) is 115 cm³/mol. The SMILES string of the molecule is Cc1cccc(N(CC(=O)NCc2ccccc2)S(=O)(=O)c2ccc(Cl)cc2)c1. The Hall–Kier alpha value is -2.83. The minimum absolute atomic E-state index is 0.0688. The summed E-state index contributed by atoms with van der Waals surface area (Å²) in [6.45, 7) is 1.86. The third-order valence-corrected chi connectivity index (χ3v) is 6.35. The Morgan fingerprint density at radius 1 is 0.966 bits per heavy atom. The molecule has 0 aliphatic carbocycles. The summed E-state index contributed by atoms with van der Waals surface area (Å²) in [5, 5.41) is 3.22. The number of carbonyl (C=O) groups excluding carboxylic acids is 1. The van der Waals surface area contributed by atoms with Crippen molar-refractivity contribution < 1.29 is 13.2 Å². The molecule has 0 radical (unpaired) electrons. The van der Waals surface area contributed by atoms with E-state index >= 15 is 0 Å². The van der Waals surface area contributed by atoms with Crippen LogP contribution in [0.3, 0.4) is 0 Å². The number of nitrogens with zero attached hydrogens (tertiary/aromatic N) is 1. The number of amides is 1. The lowest BCUT2D eigenvalue weighted by Gasteiger charge is -2.24. The number of hydrogen-bond acceptors (Lipinski definition) is 3. The lowest BCUT2D eigenvalue weighted by molar-refractivity contribution is -0.119. The Balaban J connectivity index is 1.87. The normalized spacial score (nSPS) is 11.1. The fourth-order valence-electron chi connectivity index (χ4n) is 2.81. The van der Waals surface area contributed by atoms with Crippen molar-refractivity contribution in [3.63, 3.8) is 0 Å². The van der Waals surface area contributed by atoms with Gasteiger partial charge in [0, 0.05) is 11.6 Å². The molecule has 7 heteroatoms. The van der Waals surface area contributed by atoms with E-state index in [1.165, 1.54) is 24.3 Å². The summed E-state index contributed by atoms with van der Waals surface area (Å²) < 4.78 is 27.7. The topological polar surface area (TPSA) is 66.5 Å². The van der Waals surface area contributed by atoms with Gasteiger partial charge in [0.05, 0.1) is 10.6 Å². The lowest BCUT2D eigenvalue weighted by atomic mass is 10.2. The molecule has 0 aliphatic heterocycles. The molecule has 3 rings (SSSR count). The van der Waals surface area contributed by atoms with Crippen LogP contribution in [0.15, 0.2) is 83.8 Å². The third-order valence-electron chi connectivity index (χ3n) is 4.31. The molecule has 1 N–H and O–H groups in total. The molecule has 0 atom stereocenters. The summed E-state index contributed by atoms with van der Waals surface area (Å²) in [5.41, 5.74) is 2.25.